The van der Waals surface area contributed by atoms with E-state index in [0.29, 0.717) is 25.9 Å². The molecule has 0 aromatic rings. The minimum absolute atomic E-state index is 0.0238. The first-order valence-corrected chi connectivity index (χ1v) is 40.8. The summed E-state index contributed by atoms with van der Waals surface area (Å²) in [5, 5.41) is 23.5. The summed E-state index contributed by atoms with van der Waals surface area (Å²) >= 11 is 0. The quantitative estimate of drug-likeness (QED) is 0.0417. The molecule has 0 aliphatic carbocycles. The zero-order valence-electron chi connectivity index (χ0n) is 59.8. The van der Waals surface area contributed by atoms with Gasteiger partial charge in [-0.3, -0.25) is 9.59 Å². The molecular weight excluding hydrogens is 1070 g/mol. The molecule has 6 heteroatoms. The van der Waals surface area contributed by atoms with E-state index in [0.717, 1.165) is 38.5 Å². The van der Waals surface area contributed by atoms with Gasteiger partial charge in [0, 0.05) is 12.8 Å². The summed E-state index contributed by atoms with van der Waals surface area (Å²) in [4.78, 5) is 24.7. The molecule has 3 N–H and O–H groups in total. The van der Waals surface area contributed by atoms with E-state index < -0.39 is 12.1 Å². The van der Waals surface area contributed by atoms with E-state index in [4.69, 9.17) is 4.74 Å². The zero-order chi connectivity index (χ0) is 62.8. The second kappa shape index (κ2) is 77.3. The van der Waals surface area contributed by atoms with Crippen LogP contribution in [-0.2, 0) is 14.3 Å². The van der Waals surface area contributed by atoms with E-state index in [1.807, 2.05) is 0 Å². The van der Waals surface area contributed by atoms with E-state index in [9.17, 15) is 19.8 Å². The molecule has 0 radical (unpaired) electrons. The summed E-state index contributed by atoms with van der Waals surface area (Å²) in [6.07, 6.45) is 96.3. The van der Waals surface area contributed by atoms with Crippen LogP contribution in [0.3, 0.4) is 0 Å². The highest BCUT2D eigenvalue weighted by molar-refractivity contribution is 5.76. The van der Waals surface area contributed by atoms with Crippen LogP contribution in [-0.4, -0.2) is 47.4 Å². The summed E-state index contributed by atoms with van der Waals surface area (Å²) in [7, 11) is 0. The average Bonchev–Trinajstić information content (AvgIpc) is 3.53. The van der Waals surface area contributed by atoms with Crippen molar-refractivity contribution in [2.45, 2.75) is 495 Å². The van der Waals surface area contributed by atoms with Crippen LogP contribution in [0.1, 0.15) is 483 Å². The Morgan fingerprint density at radius 2 is 0.471 bits per heavy atom. The topological polar surface area (TPSA) is 95.9 Å². The van der Waals surface area contributed by atoms with Gasteiger partial charge in [-0.15, -0.1) is 0 Å². The fourth-order valence-corrected chi connectivity index (χ4v) is 13.5. The molecule has 0 aromatic heterocycles. The van der Waals surface area contributed by atoms with Gasteiger partial charge in [0.05, 0.1) is 25.4 Å². The Morgan fingerprint density at radius 3 is 0.701 bits per heavy atom. The predicted molar refractivity (Wildman–Crippen MR) is 384 cm³/mol. The molecule has 0 saturated heterocycles. The highest BCUT2D eigenvalue weighted by Gasteiger charge is 2.20. The summed E-state index contributed by atoms with van der Waals surface area (Å²) in [5.41, 5.74) is 0. The van der Waals surface area contributed by atoms with Crippen molar-refractivity contribution < 1.29 is 24.5 Å². The Balaban J connectivity index is 3.32. The second-order valence-electron chi connectivity index (χ2n) is 28.5. The third-order valence-electron chi connectivity index (χ3n) is 19.7. The molecule has 0 aliphatic heterocycles. The van der Waals surface area contributed by atoms with Crippen molar-refractivity contribution in [1.82, 2.24) is 5.32 Å². The molecule has 2 atom stereocenters. The number of nitrogens with one attached hydrogen (secondary N) is 1. The molecule has 0 heterocycles. The molecule has 0 bridgehead atoms. The van der Waals surface area contributed by atoms with Crippen molar-refractivity contribution in [3.8, 4) is 0 Å². The Bertz CT molecular complexity index is 1280. The average molecular weight is 1230 g/mol. The van der Waals surface area contributed by atoms with Crippen LogP contribution in [0.15, 0.2) is 0 Å². The molecule has 0 aromatic carbocycles. The Labute approximate surface area is 547 Å². The van der Waals surface area contributed by atoms with Gasteiger partial charge < -0.3 is 20.3 Å². The lowest BCUT2D eigenvalue weighted by molar-refractivity contribution is -0.143. The maximum Gasteiger partial charge on any atom is 0.305 e. The molecule has 1 amide bonds. The van der Waals surface area contributed by atoms with Gasteiger partial charge in [0.15, 0.2) is 0 Å². The Hall–Kier alpha value is -1.14. The van der Waals surface area contributed by atoms with E-state index in [2.05, 4.69) is 19.2 Å². The number of unbranched alkanes of at least 4 members (excludes halogenated alkanes) is 67. The summed E-state index contributed by atoms with van der Waals surface area (Å²) < 4.78 is 5.50. The van der Waals surface area contributed by atoms with Crippen LogP contribution >= 0.6 is 0 Å². The predicted octanol–water partition coefficient (Wildman–Crippen LogP) is 26.9. The van der Waals surface area contributed by atoms with E-state index in [1.165, 1.54) is 411 Å². The van der Waals surface area contributed by atoms with E-state index in [-0.39, 0.29) is 18.5 Å². The largest absolute Gasteiger partial charge is 0.466 e. The smallest absolute Gasteiger partial charge is 0.305 e. The molecule has 2 unspecified atom stereocenters. The minimum Gasteiger partial charge on any atom is -0.466 e. The van der Waals surface area contributed by atoms with Crippen LogP contribution < -0.4 is 5.32 Å². The number of hydrogen-bond donors (Lipinski definition) is 3. The Morgan fingerprint density at radius 1 is 0.276 bits per heavy atom. The first-order chi connectivity index (χ1) is 43.0. The van der Waals surface area contributed by atoms with Gasteiger partial charge in [-0.2, -0.15) is 0 Å². The fraction of sp³-hybridized carbons (Fsp3) is 0.975. The number of amides is 1. The number of carbonyl (C=O) groups excluding carboxylic acids is 2. The van der Waals surface area contributed by atoms with Crippen LogP contribution in [0.2, 0.25) is 0 Å². The maximum atomic E-state index is 12.6. The first-order valence-electron chi connectivity index (χ1n) is 40.8. The Kier molecular flexibility index (Phi) is 76.3. The lowest BCUT2D eigenvalue weighted by Gasteiger charge is -2.22. The normalized spacial score (nSPS) is 12.4. The molecule has 520 valence electrons. The van der Waals surface area contributed by atoms with Gasteiger partial charge in [-0.1, -0.05) is 444 Å². The van der Waals surface area contributed by atoms with Gasteiger partial charge in [0.2, 0.25) is 5.91 Å². The standard InChI is InChI=1S/C81H161NO5/c1-3-5-7-9-11-13-15-17-19-20-21-22-23-31-34-37-40-43-46-49-53-57-61-65-69-73-79(84)78(77-83)82-80(85)74-70-66-62-58-54-50-47-44-41-38-35-32-29-27-25-24-26-28-30-33-36-39-42-45-48-52-56-60-64-68-72-76-87-81(86)75-71-67-63-59-55-51-18-16-14-12-10-8-6-4-2/h78-79,83-84H,3-77H2,1-2H3,(H,82,85). The lowest BCUT2D eigenvalue weighted by atomic mass is 10.0. The number of rotatable bonds is 78. The summed E-state index contributed by atoms with van der Waals surface area (Å²) in [6.45, 7) is 5.02. The number of carbonyl (C=O) groups is 2. The van der Waals surface area contributed by atoms with Gasteiger partial charge in [-0.05, 0) is 25.7 Å². The number of ether oxygens (including phenoxy) is 1. The van der Waals surface area contributed by atoms with Crippen LogP contribution in [0, 0.1) is 0 Å². The molecule has 0 spiro atoms. The van der Waals surface area contributed by atoms with Crippen LogP contribution in [0.5, 0.6) is 0 Å². The molecular formula is C81H161NO5. The first kappa shape index (κ1) is 85.9. The van der Waals surface area contributed by atoms with E-state index >= 15 is 0 Å². The van der Waals surface area contributed by atoms with Gasteiger partial charge in [0.25, 0.3) is 0 Å². The molecule has 0 saturated carbocycles. The van der Waals surface area contributed by atoms with E-state index in [1.54, 1.807) is 0 Å². The summed E-state index contributed by atoms with van der Waals surface area (Å²) in [5.74, 6) is 0.000771. The molecule has 6 nitrogen and oxygen atoms in total. The number of aliphatic hydroxyl groups is 2. The molecule has 0 fully saturated rings. The van der Waals surface area contributed by atoms with Crippen molar-refractivity contribution >= 4 is 11.9 Å². The number of esters is 1. The maximum absolute atomic E-state index is 12.6. The molecule has 87 heavy (non-hydrogen) atoms. The molecule has 0 aliphatic rings. The van der Waals surface area contributed by atoms with Crippen molar-refractivity contribution in [2.75, 3.05) is 13.2 Å². The highest BCUT2D eigenvalue weighted by atomic mass is 16.5. The van der Waals surface area contributed by atoms with Crippen LogP contribution in [0.25, 0.3) is 0 Å². The second-order valence-corrected chi connectivity index (χ2v) is 28.5. The summed E-state index contributed by atoms with van der Waals surface area (Å²) in [6, 6.07) is -0.539. The van der Waals surface area contributed by atoms with Gasteiger partial charge in [0.1, 0.15) is 0 Å². The minimum atomic E-state index is -0.662. The van der Waals surface area contributed by atoms with Crippen molar-refractivity contribution in [2.24, 2.45) is 0 Å². The fourth-order valence-electron chi connectivity index (χ4n) is 13.5. The molecule has 0 rings (SSSR count). The third kappa shape index (κ3) is 73.8. The zero-order valence-corrected chi connectivity index (χ0v) is 59.8. The number of hydrogen-bond acceptors (Lipinski definition) is 5. The number of aliphatic hydroxyl groups excluding tert-OH is 2. The van der Waals surface area contributed by atoms with Crippen molar-refractivity contribution in [1.29, 1.82) is 0 Å². The highest BCUT2D eigenvalue weighted by Crippen LogP contribution is 2.21. The van der Waals surface area contributed by atoms with Crippen molar-refractivity contribution in [3.63, 3.8) is 0 Å². The monoisotopic (exact) mass is 1230 g/mol. The van der Waals surface area contributed by atoms with Gasteiger partial charge >= 0.3 is 5.97 Å². The SMILES string of the molecule is CCCCCCCCCCCCCCCCCCCCCCCCCCCC(O)C(CO)NC(=O)CCCCCCCCCCCCCCCCCCCCCCCCCCCCCCCCCOC(=O)CCCCCCCCCCCCCCCC. The van der Waals surface area contributed by atoms with Crippen LogP contribution in [0.4, 0.5) is 0 Å². The van der Waals surface area contributed by atoms with Gasteiger partial charge in [-0.25, -0.2) is 0 Å². The third-order valence-corrected chi connectivity index (χ3v) is 19.7. The van der Waals surface area contributed by atoms with Crippen molar-refractivity contribution in [3.05, 3.63) is 0 Å². The lowest BCUT2D eigenvalue weighted by Crippen LogP contribution is -2.45.